The fraction of sp³-hybridized carbons (Fsp3) is 0.467. The van der Waals surface area contributed by atoms with E-state index in [4.69, 9.17) is 14.9 Å². The predicted molar refractivity (Wildman–Crippen MR) is 77.4 cm³/mol. The smallest absolute Gasteiger partial charge is 0.326 e. The van der Waals surface area contributed by atoms with Crippen LogP contribution in [0.2, 0.25) is 0 Å². The topological polar surface area (TPSA) is 95.9 Å². The van der Waals surface area contributed by atoms with Gasteiger partial charge in [-0.25, -0.2) is 4.79 Å². The third-order valence-corrected chi connectivity index (χ3v) is 3.00. The van der Waals surface area contributed by atoms with Gasteiger partial charge in [-0.15, -0.1) is 0 Å². The summed E-state index contributed by atoms with van der Waals surface area (Å²) in [4.78, 5) is 22.6. The number of carbonyl (C=O) groups excluding carboxylic acids is 1. The van der Waals surface area contributed by atoms with Gasteiger partial charge in [-0.2, -0.15) is 0 Å². The molecule has 1 rings (SSSR count). The first-order valence-corrected chi connectivity index (χ1v) is 6.68. The van der Waals surface area contributed by atoms with Gasteiger partial charge in [0.05, 0.1) is 0 Å². The standard InChI is InChI=1S/C15H21NO5/c1-9-6-10(2)14(11(3)7-9)21-8-13(18)16-12(4-5-17)15(19)20/h6-7,12,17H,4-5,8H2,1-3H3,(H,16,18)(H,19,20)/t12-/m1/s1. The van der Waals surface area contributed by atoms with E-state index in [-0.39, 0.29) is 19.6 Å². The molecule has 0 fully saturated rings. The maximum atomic E-state index is 11.7. The number of carboxylic acid groups (broad SMARTS) is 1. The second-order valence-corrected chi connectivity index (χ2v) is 4.99. The lowest BCUT2D eigenvalue weighted by Crippen LogP contribution is -2.43. The lowest BCUT2D eigenvalue weighted by atomic mass is 10.1. The molecule has 0 saturated carbocycles. The van der Waals surface area contributed by atoms with Crippen molar-refractivity contribution in [3.05, 3.63) is 28.8 Å². The van der Waals surface area contributed by atoms with Crippen LogP contribution in [-0.4, -0.2) is 41.3 Å². The van der Waals surface area contributed by atoms with Crippen molar-refractivity contribution in [2.24, 2.45) is 0 Å². The van der Waals surface area contributed by atoms with Crippen LogP contribution in [-0.2, 0) is 9.59 Å². The van der Waals surface area contributed by atoms with Gasteiger partial charge in [0.1, 0.15) is 11.8 Å². The number of hydrogen-bond acceptors (Lipinski definition) is 4. The van der Waals surface area contributed by atoms with Gasteiger partial charge in [-0.05, 0) is 31.9 Å². The molecule has 0 aromatic heterocycles. The molecule has 0 aliphatic heterocycles. The Kier molecular flexibility index (Phi) is 6.17. The Morgan fingerprint density at radius 1 is 1.24 bits per heavy atom. The fourth-order valence-electron chi connectivity index (χ4n) is 2.15. The van der Waals surface area contributed by atoms with Gasteiger partial charge in [0.2, 0.25) is 0 Å². The molecular weight excluding hydrogens is 274 g/mol. The largest absolute Gasteiger partial charge is 0.483 e. The molecule has 0 heterocycles. The van der Waals surface area contributed by atoms with Crippen LogP contribution in [0.1, 0.15) is 23.1 Å². The number of aliphatic hydroxyl groups excluding tert-OH is 1. The number of carbonyl (C=O) groups is 2. The summed E-state index contributed by atoms with van der Waals surface area (Å²) in [6.45, 7) is 5.18. The summed E-state index contributed by atoms with van der Waals surface area (Å²) >= 11 is 0. The predicted octanol–water partition coefficient (Wildman–Crippen LogP) is 0.942. The van der Waals surface area contributed by atoms with E-state index in [0.29, 0.717) is 5.75 Å². The van der Waals surface area contributed by atoms with E-state index in [0.717, 1.165) is 16.7 Å². The third kappa shape index (κ3) is 5.07. The maximum absolute atomic E-state index is 11.7. The van der Waals surface area contributed by atoms with Crippen molar-refractivity contribution in [2.45, 2.75) is 33.2 Å². The van der Waals surface area contributed by atoms with Crippen LogP contribution in [0.25, 0.3) is 0 Å². The molecule has 6 nitrogen and oxygen atoms in total. The lowest BCUT2D eigenvalue weighted by molar-refractivity contribution is -0.142. The Hall–Kier alpha value is -2.08. The van der Waals surface area contributed by atoms with E-state index in [1.165, 1.54) is 0 Å². The average Bonchev–Trinajstić information content (AvgIpc) is 2.36. The molecule has 116 valence electrons. The summed E-state index contributed by atoms with van der Waals surface area (Å²) < 4.78 is 5.48. The quantitative estimate of drug-likeness (QED) is 0.696. The highest BCUT2D eigenvalue weighted by Crippen LogP contribution is 2.24. The van der Waals surface area contributed by atoms with E-state index in [9.17, 15) is 9.59 Å². The molecule has 0 bridgehead atoms. The number of nitrogens with one attached hydrogen (secondary N) is 1. The number of hydrogen-bond donors (Lipinski definition) is 3. The van der Waals surface area contributed by atoms with E-state index in [2.05, 4.69) is 5.32 Å². The molecule has 0 aliphatic rings. The zero-order chi connectivity index (χ0) is 16.0. The minimum Gasteiger partial charge on any atom is -0.483 e. The van der Waals surface area contributed by atoms with Gasteiger partial charge in [0.15, 0.2) is 6.61 Å². The van der Waals surface area contributed by atoms with Crippen LogP contribution in [0, 0.1) is 20.8 Å². The van der Waals surface area contributed by atoms with E-state index in [1.807, 2.05) is 32.9 Å². The first-order chi connectivity index (χ1) is 9.85. The fourth-order valence-corrected chi connectivity index (χ4v) is 2.15. The molecule has 0 aliphatic carbocycles. The Morgan fingerprint density at radius 3 is 2.29 bits per heavy atom. The summed E-state index contributed by atoms with van der Waals surface area (Å²) in [6.07, 6.45) is -0.0380. The van der Waals surface area contributed by atoms with E-state index in [1.54, 1.807) is 0 Å². The van der Waals surface area contributed by atoms with Crippen LogP contribution in [0.15, 0.2) is 12.1 Å². The van der Waals surface area contributed by atoms with Gasteiger partial charge in [0, 0.05) is 13.0 Å². The minimum atomic E-state index is -1.18. The number of rotatable bonds is 7. The molecule has 6 heteroatoms. The third-order valence-electron chi connectivity index (χ3n) is 3.00. The number of aliphatic hydroxyl groups is 1. The van der Waals surface area contributed by atoms with Crippen molar-refractivity contribution in [1.82, 2.24) is 5.32 Å². The maximum Gasteiger partial charge on any atom is 0.326 e. The van der Waals surface area contributed by atoms with Gasteiger partial charge in [0.25, 0.3) is 5.91 Å². The number of aliphatic carboxylic acids is 1. The van der Waals surface area contributed by atoms with Gasteiger partial charge in [-0.3, -0.25) is 4.79 Å². The average molecular weight is 295 g/mol. The second kappa shape index (κ2) is 7.64. The Morgan fingerprint density at radius 2 is 1.81 bits per heavy atom. The van der Waals surface area contributed by atoms with Gasteiger partial charge < -0.3 is 20.3 Å². The van der Waals surface area contributed by atoms with Crippen molar-refractivity contribution in [3.63, 3.8) is 0 Å². The summed E-state index contributed by atoms with van der Waals surface area (Å²) in [7, 11) is 0. The molecular formula is C15H21NO5. The first kappa shape index (κ1) is 17.0. The summed E-state index contributed by atoms with van der Waals surface area (Å²) in [5.74, 6) is -1.08. The van der Waals surface area contributed by atoms with Gasteiger partial charge >= 0.3 is 5.97 Å². The normalized spacial score (nSPS) is 11.8. The molecule has 3 N–H and O–H groups in total. The Balaban J connectivity index is 2.63. The van der Waals surface area contributed by atoms with Crippen molar-refractivity contribution in [2.75, 3.05) is 13.2 Å². The number of amides is 1. The highest BCUT2D eigenvalue weighted by atomic mass is 16.5. The van der Waals surface area contributed by atoms with Crippen molar-refractivity contribution in [3.8, 4) is 5.75 Å². The van der Waals surface area contributed by atoms with Crippen LogP contribution < -0.4 is 10.1 Å². The van der Waals surface area contributed by atoms with Crippen molar-refractivity contribution >= 4 is 11.9 Å². The summed E-state index contributed by atoms with van der Waals surface area (Å²) in [6, 6.07) is 2.80. The molecule has 0 saturated heterocycles. The Labute approximate surface area is 123 Å². The molecule has 0 spiro atoms. The first-order valence-electron chi connectivity index (χ1n) is 6.68. The van der Waals surface area contributed by atoms with Crippen molar-refractivity contribution in [1.29, 1.82) is 0 Å². The van der Waals surface area contributed by atoms with E-state index >= 15 is 0 Å². The number of aryl methyl sites for hydroxylation is 3. The molecule has 21 heavy (non-hydrogen) atoms. The van der Waals surface area contributed by atoms with Crippen LogP contribution in [0.3, 0.4) is 0 Å². The monoisotopic (exact) mass is 295 g/mol. The van der Waals surface area contributed by atoms with E-state index < -0.39 is 17.9 Å². The minimum absolute atomic E-state index is 0.0380. The lowest BCUT2D eigenvalue weighted by Gasteiger charge is -2.15. The second-order valence-electron chi connectivity index (χ2n) is 4.99. The van der Waals surface area contributed by atoms with Crippen LogP contribution >= 0.6 is 0 Å². The van der Waals surface area contributed by atoms with Gasteiger partial charge in [-0.1, -0.05) is 17.7 Å². The number of carboxylic acids is 1. The highest BCUT2D eigenvalue weighted by molar-refractivity contribution is 5.84. The Bertz CT molecular complexity index is 504. The highest BCUT2D eigenvalue weighted by Gasteiger charge is 2.19. The number of ether oxygens (including phenoxy) is 1. The molecule has 1 aromatic rings. The molecule has 1 atom stereocenters. The van der Waals surface area contributed by atoms with Crippen LogP contribution in [0.4, 0.5) is 0 Å². The molecule has 1 amide bonds. The molecule has 0 radical (unpaired) electrons. The molecule has 0 unspecified atom stereocenters. The summed E-state index contributed by atoms with van der Waals surface area (Å²) in [5, 5.41) is 20.0. The van der Waals surface area contributed by atoms with Crippen molar-refractivity contribution < 1.29 is 24.5 Å². The zero-order valence-corrected chi connectivity index (χ0v) is 12.5. The molecule has 1 aromatic carbocycles. The SMILES string of the molecule is Cc1cc(C)c(OCC(=O)N[C@H](CCO)C(=O)O)c(C)c1. The summed E-state index contributed by atoms with van der Waals surface area (Å²) in [5.41, 5.74) is 2.95. The number of benzene rings is 1. The zero-order valence-electron chi connectivity index (χ0n) is 12.5. The van der Waals surface area contributed by atoms with Crippen LogP contribution in [0.5, 0.6) is 5.75 Å².